The Morgan fingerprint density at radius 1 is 0.950 bits per heavy atom. The van der Waals surface area contributed by atoms with Crippen molar-refractivity contribution in [2.75, 3.05) is 13.2 Å². The van der Waals surface area contributed by atoms with Gasteiger partial charge >= 0.3 is 5.97 Å². The minimum Gasteiger partial charge on any atom is -0.486 e. The molecule has 1 aliphatic rings. The summed E-state index contributed by atoms with van der Waals surface area (Å²) in [6.07, 6.45) is 0. The SMILES string of the molecule is O=C(O)C(c1ccccc1)c1ccc2c(c1)OCCO2. The molecule has 0 aromatic heterocycles. The van der Waals surface area contributed by atoms with Crippen LogP contribution in [0.5, 0.6) is 11.5 Å². The molecule has 20 heavy (non-hydrogen) atoms. The number of fused-ring (bicyclic) bond motifs is 1. The molecule has 0 fully saturated rings. The third-order valence-electron chi connectivity index (χ3n) is 3.28. The highest BCUT2D eigenvalue weighted by molar-refractivity contribution is 5.80. The van der Waals surface area contributed by atoms with Crippen molar-refractivity contribution >= 4 is 5.97 Å². The summed E-state index contributed by atoms with van der Waals surface area (Å²) in [5.74, 6) is -0.312. The fourth-order valence-electron chi connectivity index (χ4n) is 2.36. The molecule has 1 heterocycles. The topological polar surface area (TPSA) is 55.8 Å². The molecule has 0 saturated heterocycles. The molecule has 1 atom stereocenters. The van der Waals surface area contributed by atoms with Crippen LogP contribution in [-0.2, 0) is 4.79 Å². The van der Waals surface area contributed by atoms with Crippen molar-refractivity contribution in [3.8, 4) is 11.5 Å². The van der Waals surface area contributed by atoms with E-state index in [-0.39, 0.29) is 0 Å². The normalized spacial score (nSPS) is 14.6. The van der Waals surface area contributed by atoms with Crippen LogP contribution in [0.3, 0.4) is 0 Å². The van der Waals surface area contributed by atoms with Gasteiger partial charge in [0, 0.05) is 0 Å². The van der Waals surface area contributed by atoms with Crippen LogP contribution in [0.1, 0.15) is 17.0 Å². The van der Waals surface area contributed by atoms with Gasteiger partial charge in [-0.15, -0.1) is 0 Å². The van der Waals surface area contributed by atoms with Gasteiger partial charge in [-0.25, -0.2) is 0 Å². The lowest BCUT2D eigenvalue weighted by Gasteiger charge is -2.20. The Balaban J connectivity index is 2.02. The fourth-order valence-corrected chi connectivity index (χ4v) is 2.36. The second-order valence-electron chi connectivity index (χ2n) is 4.59. The first-order valence-corrected chi connectivity index (χ1v) is 6.43. The van der Waals surface area contributed by atoms with E-state index in [0.717, 1.165) is 5.56 Å². The lowest BCUT2D eigenvalue weighted by atomic mass is 9.91. The van der Waals surface area contributed by atoms with Gasteiger partial charge in [-0.3, -0.25) is 4.79 Å². The van der Waals surface area contributed by atoms with E-state index in [0.29, 0.717) is 30.3 Å². The molecular weight excluding hydrogens is 256 g/mol. The second kappa shape index (κ2) is 5.25. The molecule has 4 heteroatoms. The molecule has 1 unspecified atom stereocenters. The Kier molecular flexibility index (Phi) is 3.29. The van der Waals surface area contributed by atoms with Gasteiger partial charge in [-0.1, -0.05) is 36.4 Å². The van der Waals surface area contributed by atoms with Crippen LogP contribution in [-0.4, -0.2) is 24.3 Å². The standard InChI is InChI=1S/C16H14O4/c17-16(18)15(11-4-2-1-3-5-11)12-6-7-13-14(10-12)20-9-8-19-13/h1-7,10,15H,8-9H2,(H,17,18). The molecule has 102 valence electrons. The smallest absolute Gasteiger partial charge is 0.315 e. The maximum absolute atomic E-state index is 11.6. The quantitative estimate of drug-likeness (QED) is 0.931. The number of aliphatic carboxylic acids is 1. The van der Waals surface area contributed by atoms with Crippen LogP contribution in [0, 0.1) is 0 Å². The molecule has 0 saturated carbocycles. The zero-order valence-electron chi connectivity index (χ0n) is 10.8. The summed E-state index contributed by atoms with van der Waals surface area (Å²) in [5, 5.41) is 9.51. The highest BCUT2D eigenvalue weighted by atomic mass is 16.6. The number of hydrogen-bond acceptors (Lipinski definition) is 3. The van der Waals surface area contributed by atoms with Crippen LogP contribution < -0.4 is 9.47 Å². The Labute approximate surface area is 116 Å². The van der Waals surface area contributed by atoms with Crippen LogP contribution in [0.15, 0.2) is 48.5 Å². The third kappa shape index (κ3) is 2.32. The molecule has 4 nitrogen and oxygen atoms in total. The minimum absolute atomic E-state index is 0.486. The van der Waals surface area contributed by atoms with Crippen molar-refractivity contribution in [2.45, 2.75) is 5.92 Å². The van der Waals surface area contributed by atoms with Gasteiger partial charge in [-0.2, -0.15) is 0 Å². The molecule has 0 aliphatic carbocycles. The van der Waals surface area contributed by atoms with Gasteiger partial charge in [0.2, 0.25) is 0 Å². The zero-order valence-corrected chi connectivity index (χ0v) is 10.8. The van der Waals surface area contributed by atoms with Crippen molar-refractivity contribution in [1.82, 2.24) is 0 Å². The first-order valence-electron chi connectivity index (χ1n) is 6.43. The number of ether oxygens (including phenoxy) is 2. The lowest BCUT2D eigenvalue weighted by molar-refractivity contribution is -0.137. The first-order chi connectivity index (χ1) is 9.75. The van der Waals surface area contributed by atoms with Gasteiger partial charge in [0.15, 0.2) is 11.5 Å². The molecule has 0 bridgehead atoms. The van der Waals surface area contributed by atoms with Crippen molar-refractivity contribution < 1.29 is 19.4 Å². The van der Waals surface area contributed by atoms with Crippen LogP contribution >= 0.6 is 0 Å². The molecule has 0 amide bonds. The zero-order chi connectivity index (χ0) is 13.9. The van der Waals surface area contributed by atoms with E-state index in [1.165, 1.54) is 0 Å². The van der Waals surface area contributed by atoms with E-state index in [9.17, 15) is 9.90 Å². The summed E-state index contributed by atoms with van der Waals surface area (Å²) < 4.78 is 11.0. The number of carboxylic acids is 1. The fraction of sp³-hybridized carbons (Fsp3) is 0.188. The number of carbonyl (C=O) groups is 1. The Hall–Kier alpha value is -2.49. The highest BCUT2D eigenvalue weighted by Crippen LogP contribution is 2.35. The summed E-state index contributed by atoms with van der Waals surface area (Å²) in [5.41, 5.74) is 1.43. The Morgan fingerprint density at radius 2 is 1.65 bits per heavy atom. The van der Waals surface area contributed by atoms with Gasteiger partial charge < -0.3 is 14.6 Å². The van der Waals surface area contributed by atoms with Crippen LogP contribution in [0.4, 0.5) is 0 Å². The van der Waals surface area contributed by atoms with Gasteiger partial charge in [0.05, 0.1) is 0 Å². The highest BCUT2D eigenvalue weighted by Gasteiger charge is 2.24. The summed E-state index contributed by atoms with van der Waals surface area (Å²) >= 11 is 0. The maximum atomic E-state index is 11.6. The molecule has 0 radical (unpaired) electrons. The minimum atomic E-state index is -0.882. The van der Waals surface area contributed by atoms with Crippen molar-refractivity contribution in [1.29, 1.82) is 0 Å². The Bertz CT molecular complexity index is 622. The number of rotatable bonds is 3. The molecule has 1 aliphatic heterocycles. The summed E-state index contributed by atoms with van der Waals surface area (Å²) in [6, 6.07) is 14.5. The van der Waals surface area contributed by atoms with E-state index in [2.05, 4.69) is 0 Å². The van der Waals surface area contributed by atoms with Crippen LogP contribution in [0.2, 0.25) is 0 Å². The molecule has 2 aromatic rings. The van der Waals surface area contributed by atoms with Gasteiger partial charge in [-0.05, 0) is 23.3 Å². The van der Waals surface area contributed by atoms with E-state index in [4.69, 9.17) is 9.47 Å². The van der Waals surface area contributed by atoms with Crippen molar-refractivity contribution in [3.05, 3.63) is 59.7 Å². The van der Waals surface area contributed by atoms with E-state index in [1.807, 2.05) is 30.3 Å². The second-order valence-corrected chi connectivity index (χ2v) is 4.59. The lowest BCUT2D eigenvalue weighted by Crippen LogP contribution is -2.17. The van der Waals surface area contributed by atoms with E-state index >= 15 is 0 Å². The molecule has 3 rings (SSSR count). The average molecular weight is 270 g/mol. The number of hydrogen-bond donors (Lipinski definition) is 1. The third-order valence-corrected chi connectivity index (χ3v) is 3.28. The molecule has 0 spiro atoms. The monoisotopic (exact) mass is 270 g/mol. The van der Waals surface area contributed by atoms with Crippen molar-refractivity contribution in [3.63, 3.8) is 0 Å². The summed E-state index contributed by atoms with van der Waals surface area (Å²) in [7, 11) is 0. The maximum Gasteiger partial charge on any atom is 0.315 e. The number of carboxylic acid groups (broad SMARTS) is 1. The molecule has 2 aromatic carbocycles. The van der Waals surface area contributed by atoms with Crippen LogP contribution in [0.25, 0.3) is 0 Å². The summed E-state index contributed by atoms with van der Waals surface area (Å²) in [4.78, 5) is 11.6. The van der Waals surface area contributed by atoms with E-state index in [1.54, 1.807) is 18.2 Å². The van der Waals surface area contributed by atoms with Gasteiger partial charge in [0.1, 0.15) is 19.1 Å². The Morgan fingerprint density at radius 3 is 2.35 bits per heavy atom. The van der Waals surface area contributed by atoms with Crippen molar-refractivity contribution in [2.24, 2.45) is 0 Å². The molecular formula is C16H14O4. The largest absolute Gasteiger partial charge is 0.486 e. The summed E-state index contributed by atoms with van der Waals surface area (Å²) in [6.45, 7) is 1.01. The molecule has 1 N–H and O–H groups in total. The van der Waals surface area contributed by atoms with Gasteiger partial charge in [0.25, 0.3) is 0 Å². The predicted octanol–water partition coefficient (Wildman–Crippen LogP) is 2.67. The van der Waals surface area contributed by atoms with E-state index < -0.39 is 11.9 Å². The number of benzene rings is 2. The average Bonchev–Trinajstić information content (AvgIpc) is 2.48. The predicted molar refractivity (Wildman–Crippen MR) is 73.4 cm³/mol. The first kappa shape index (κ1) is 12.5.